The van der Waals surface area contributed by atoms with Gasteiger partial charge in [0, 0.05) is 43.5 Å². The molecule has 2 aromatic rings. The molecule has 0 bridgehead atoms. The highest BCUT2D eigenvalue weighted by atomic mass is 16.5. The Labute approximate surface area is 187 Å². The number of nitrogens with zero attached hydrogens (tertiary/aromatic N) is 3. The number of hydrogen-bond donors (Lipinski definition) is 1. The number of ether oxygens (including phenoxy) is 3. The van der Waals surface area contributed by atoms with Crippen molar-refractivity contribution in [3.8, 4) is 17.2 Å². The zero-order valence-electron chi connectivity index (χ0n) is 19.0. The summed E-state index contributed by atoms with van der Waals surface area (Å²) in [5.74, 6) is 1.85. The third-order valence-corrected chi connectivity index (χ3v) is 5.09. The first-order valence-electron chi connectivity index (χ1n) is 10.0. The van der Waals surface area contributed by atoms with Crippen molar-refractivity contribution in [1.82, 2.24) is 14.8 Å². The zero-order chi connectivity index (χ0) is 23.3. The molecule has 170 valence electrons. The highest BCUT2D eigenvalue weighted by Crippen LogP contribution is 2.40. The summed E-state index contributed by atoms with van der Waals surface area (Å²) in [5.41, 5.74) is 2.47. The molecular weight excluding hydrogens is 412 g/mol. The molecule has 1 aliphatic rings. The van der Waals surface area contributed by atoms with Gasteiger partial charge in [-0.05, 0) is 36.9 Å². The van der Waals surface area contributed by atoms with Crippen molar-refractivity contribution in [2.75, 3.05) is 47.3 Å². The van der Waals surface area contributed by atoms with Crippen LogP contribution >= 0.6 is 0 Å². The standard InChI is InChI=1S/C23H28N4O5/c1-26-12-17-10-15(11-24-23(17)25-19(28)14-26)6-9-20(29)27(2)13-16-7-8-18(30-3)22(32-5)21(16)31-4/h6-11H,12-14H2,1-5H3,(H,24,25,28). The third kappa shape index (κ3) is 5.17. The molecule has 3 rings (SSSR count). The number of anilines is 1. The van der Waals surface area contributed by atoms with Crippen LogP contribution in [0.1, 0.15) is 16.7 Å². The predicted molar refractivity (Wildman–Crippen MR) is 121 cm³/mol. The topological polar surface area (TPSA) is 93.2 Å². The van der Waals surface area contributed by atoms with Crippen LogP contribution in [0.2, 0.25) is 0 Å². The molecule has 2 heterocycles. The predicted octanol–water partition coefficient (Wildman–Crippen LogP) is 2.16. The first-order chi connectivity index (χ1) is 15.4. The second kappa shape index (κ2) is 10.1. The van der Waals surface area contributed by atoms with E-state index in [1.807, 2.05) is 24.1 Å². The SMILES string of the molecule is COc1ccc(CN(C)C(=O)C=Cc2cnc3c(c2)CN(C)CC(=O)N3)c(OC)c1OC. The van der Waals surface area contributed by atoms with Crippen LogP contribution < -0.4 is 19.5 Å². The second-order valence-corrected chi connectivity index (χ2v) is 7.52. The van der Waals surface area contributed by atoms with Crippen molar-refractivity contribution < 1.29 is 23.8 Å². The van der Waals surface area contributed by atoms with E-state index in [1.54, 1.807) is 51.6 Å². The largest absolute Gasteiger partial charge is 0.493 e. The molecule has 1 N–H and O–H groups in total. The summed E-state index contributed by atoms with van der Waals surface area (Å²) in [6.07, 6.45) is 4.84. The van der Waals surface area contributed by atoms with Crippen LogP contribution in [0.15, 0.2) is 30.5 Å². The van der Waals surface area contributed by atoms with Crippen LogP contribution in [0.5, 0.6) is 17.2 Å². The van der Waals surface area contributed by atoms with Crippen molar-refractivity contribution >= 4 is 23.7 Å². The Morgan fingerprint density at radius 2 is 1.94 bits per heavy atom. The van der Waals surface area contributed by atoms with E-state index in [2.05, 4.69) is 10.3 Å². The lowest BCUT2D eigenvalue weighted by Gasteiger charge is -2.20. The lowest BCUT2D eigenvalue weighted by Crippen LogP contribution is -2.26. The van der Waals surface area contributed by atoms with Gasteiger partial charge in [-0.25, -0.2) is 4.98 Å². The zero-order valence-corrected chi connectivity index (χ0v) is 19.0. The Balaban J connectivity index is 1.73. The fourth-order valence-electron chi connectivity index (χ4n) is 3.53. The third-order valence-electron chi connectivity index (χ3n) is 5.09. The van der Waals surface area contributed by atoms with Gasteiger partial charge in [0.1, 0.15) is 5.82 Å². The van der Waals surface area contributed by atoms with Gasteiger partial charge >= 0.3 is 0 Å². The lowest BCUT2D eigenvalue weighted by molar-refractivity contribution is -0.125. The molecule has 2 amide bonds. The molecule has 0 saturated heterocycles. The summed E-state index contributed by atoms with van der Waals surface area (Å²) in [4.78, 5) is 32.3. The van der Waals surface area contributed by atoms with Crippen molar-refractivity contribution in [2.45, 2.75) is 13.1 Å². The Bertz CT molecular complexity index is 1040. The average molecular weight is 441 g/mol. The molecule has 32 heavy (non-hydrogen) atoms. The molecule has 0 saturated carbocycles. The van der Waals surface area contributed by atoms with E-state index in [1.165, 1.54) is 6.08 Å². The van der Waals surface area contributed by atoms with E-state index >= 15 is 0 Å². The highest BCUT2D eigenvalue weighted by molar-refractivity contribution is 5.93. The van der Waals surface area contributed by atoms with Crippen LogP contribution in [0.3, 0.4) is 0 Å². The summed E-state index contributed by atoms with van der Waals surface area (Å²) in [6, 6.07) is 5.54. The minimum absolute atomic E-state index is 0.0931. The highest BCUT2D eigenvalue weighted by Gasteiger charge is 2.19. The molecule has 9 nitrogen and oxygen atoms in total. The molecule has 1 aliphatic heterocycles. The van der Waals surface area contributed by atoms with E-state index < -0.39 is 0 Å². The maximum Gasteiger partial charge on any atom is 0.246 e. The van der Waals surface area contributed by atoms with Gasteiger partial charge in [-0.1, -0.05) is 0 Å². The van der Waals surface area contributed by atoms with Crippen LogP contribution in [-0.2, 0) is 22.7 Å². The van der Waals surface area contributed by atoms with E-state index in [-0.39, 0.29) is 11.8 Å². The Hall–Kier alpha value is -3.59. The number of carbonyl (C=O) groups excluding carboxylic acids is 2. The molecule has 0 radical (unpaired) electrons. The molecular formula is C23H28N4O5. The number of likely N-dealkylation sites (N-methyl/N-ethyl adjacent to an activating group) is 2. The molecule has 0 atom stereocenters. The summed E-state index contributed by atoms with van der Waals surface area (Å²) < 4.78 is 16.2. The average Bonchev–Trinajstić information content (AvgIpc) is 2.92. The van der Waals surface area contributed by atoms with Gasteiger partial charge in [0.05, 0.1) is 27.9 Å². The maximum atomic E-state index is 12.7. The summed E-state index contributed by atoms with van der Waals surface area (Å²) in [5, 5.41) is 2.80. The molecule has 0 unspecified atom stereocenters. The lowest BCUT2D eigenvalue weighted by atomic mass is 10.1. The molecule has 0 spiro atoms. The van der Waals surface area contributed by atoms with Gasteiger partial charge in [-0.3, -0.25) is 14.5 Å². The normalized spacial score (nSPS) is 13.8. The molecule has 0 fully saturated rings. The minimum atomic E-state index is -0.179. The van der Waals surface area contributed by atoms with Gasteiger partial charge in [0.2, 0.25) is 17.6 Å². The van der Waals surface area contributed by atoms with Crippen LogP contribution in [0, 0.1) is 0 Å². The van der Waals surface area contributed by atoms with Crippen molar-refractivity contribution in [3.05, 3.63) is 47.2 Å². The number of methoxy groups -OCH3 is 3. The number of fused-ring (bicyclic) bond motifs is 1. The van der Waals surface area contributed by atoms with E-state index in [4.69, 9.17) is 14.2 Å². The number of carbonyl (C=O) groups is 2. The molecule has 0 aliphatic carbocycles. The number of benzene rings is 1. The van der Waals surface area contributed by atoms with Gasteiger partial charge in [0.15, 0.2) is 11.5 Å². The van der Waals surface area contributed by atoms with E-state index in [9.17, 15) is 9.59 Å². The number of aromatic nitrogens is 1. The van der Waals surface area contributed by atoms with Crippen molar-refractivity contribution in [3.63, 3.8) is 0 Å². The van der Waals surface area contributed by atoms with Crippen LogP contribution in [0.25, 0.3) is 6.08 Å². The number of amides is 2. The number of hydrogen-bond acceptors (Lipinski definition) is 7. The van der Waals surface area contributed by atoms with Crippen LogP contribution in [0.4, 0.5) is 5.82 Å². The second-order valence-electron chi connectivity index (χ2n) is 7.52. The van der Waals surface area contributed by atoms with Gasteiger partial charge in [-0.2, -0.15) is 0 Å². The van der Waals surface area contributed by atoms with Crippen molar-refractivity contribution in [1.29, 1.82) is 0 Å². The Kier molecular flexibility index (Phi) is 7.32. The van der Waals surface area contributed by atoms with Crippen LogP contribution in [-0.4, -0.2) is 68.6 Å². The summed E-state index contributed by atoms with van der Waals surface area (Å²) in [7, 11) is 8.23. The summed E-state index contributed by atoms with van der Waals surface area (Å²) >= 11 is 0. The van der Waals surface area contributed by atoms with Gasteiger partial charge < -0.3 is 24.4 Å². The van der Waals surface area contributed by atoms with E-state index in [0.717, 1.165) is 16.7 Å². The minimum Gasteiger partial charge on any atom is -0.493 e. The number of pyridine rings is 1. The fourth-order valence-corrected chi connectivity index (χ4v) is 3.53. The Morgan fingerprint density at radius 3 is 2.62 bits per heavy atom. The fraction of sp³-hybridized carbons (Fsp3) is 0.348. The first kappa shape index (κ1) is 23.1. The Morgan fingerprint density at radius 1 is 1.19 bits per heavy atom. The smallest absolute Gasteiger partial charge is 0.246 e. The molecule has 1 aromatic heterocycles. The quantitative estimate of drug-likeness (QED) is 0.660. The molecule has 1 aromatic carbocycles. The van der Waals surface area contributed by atoms with Crippen molar-refractivity contribution in [2.24, 2.45) is 0 Å². The number of rotatable bonds is 7. The summed E-state index contributed by atoms with van der Waals surface area (Å²) in [6.45, 7) is 1.23. The monoisotopic (exact) mass is 440 g/mol. The van der Waals surface area contributed by atoms with Gasteiger partial charge in [-0.15, -0.1) is 0 Å². The van der Waals surface area contributed by atoms with Gasteiger partial charge in [0.25, 0.3) is 0 Å². The maximum absolute atomic E-state index is 12.7. The molecule has 9 heteroatoms. The van der Waals surface area contributed by atoms with E-state index in [0.29, 0.717) is 42.7 Å². The first-order valence-corrected chi connectivity index (χ1v) is 10.0. The number of nitrogens with one attached hydrogen (secondary N) is 1.